The molecule has 1 saturated carbocycles. The van der Waals surface area contributed by atoms with Crippen LogP contribution in [0.5, 0.6) is 0 Å². The van der Waals surface area contributed by atoms with Gasteiger partial charge < -0.3 is 10.2 Å². The summed E-state index contributed by atoms with van der Waals surface area (Å²) in [6.45, 7) is 3.64. The maximum Gasteiger partial charge on any atom is 0.228 e. The summed E-state index contributed by atoms with van der Waals surface area (Å²) in [5, 5.41) is 3.01. The summed E-state index contributed by atoms with van der Waals surface area (Å²) >= 11 is 0. The summed E-state index contributed by atoms with van der Waals surface area (Å²) in [6, 6.07) is 1.81. The van der Waals surface area contributed by atoms with Crippen molar-refractivity contribution in [2.75, 3.05) is 18.4 Å². The molecular weight excluding hydrogens is 290 g/mol. The molecule has 0 aromatic carbocycles. The van der Waals surface area contributed by atoms with Gasteiger partial charge in [-0.05, 0) is 44.2 Å². The first-order chi connectivity index (χ1) is 11.2. The van der Waals surface area contributed by atoms with Crippen LogP contribution in [0.1, 0.15) is 44.1 Å². The van der Waals surface area contributed by atoms with Gasteiger partial charge in [0.25, 0.3) is 0 Å². The van der Waals surface area contributed by atoms with E-state index in [0.29, 0.717) is 0 Å². The Labute approximate surface area is 137 Å². The zero-order valence-electron chi connectivity index (χ0n) is 13.8. The number of hydrogen-bond acceptors (Lipinski definition) is 3. The number of pyridine rings is 1. The number of nitrogens with zero attached hydrogens (tertiary/aromatic N) is 2. The third-order valence-corrected chi connectivity index (χ3v) is 5.12. The highest BCUT2D eigenvalue weighted by Crippen LogP contribution is 2.33. The number of likely N-dealkylation sites (tertiary alicyclic amines) is 1. The Morgan fingerprint density at radius 3 is 2.52 bits per heavy atom. The van der Waals surface area contributed by atoms with E-state index in [4.69, 9.17) is 0 Å². The predicted molar refractivity (Wildman–Crippen MR) is 88.9 cm³/mol. The molecule has 3 rings (SSSR count). The lowest BCUT2D eigenvalue weighted by Gasteiger charge is -2.32. The van der Waals surface area contributed by atoms with Crippen molar-refractivity contribution in [1.82, 2.24) is 9.88 Å². The second-order valence-corrected chi connectivity index (χ2v) is 6.71. The topological polar surface area (TPSA) is 62.3 Å². The fourth-order valence-electron chi connectivity index (χ4n) is 3.75. The Morgan fingerprint density at radius 2 is 1.83 bits per heavy atom. The van der Waals surface area contributed by atoms with Crippen LogP contribution >= 0.6 is 0 Å². The van der Waals surface area contributed by atoms with Crippen molar-refractivity contribution in [3.05, 3.63) is 24.0 Å². The van der Waals surface area contributed by atoms with Crippen LogP contribution < -0.4 is 5.32 Å². The number of aryl methyl sites for hydroxylation is 1. The van der Waals surface area contributed by atoms with E-state index in [1.807, 2.05) is 17.9 Å². The zero-order chi connectivity index (χ0) is 16.2. The van der Waals surface area contributed by atoms with Crippen molar-refractivity contribution in [2.45, 2.75) is 45.4 Å². The standard InChI is InChI=1S/C18H25N3O2/c1-13-12-19-9-8-16(13)20-17(22)14-6-2-3-7-15(14)18(23)21-10-4-5-11-21/h8-9,12,14-15H,2-7,10-11H2,1H3,(H,19,20,22)/t14-,15-/m1/s1. The molecule has 5 nitrogen and oxygen atoms in total. The maximum absolute atomic E-state index is 12.8. The maximum atomic E-state index is 12.8. The molecule has 23 heavy (non-hydrogen) atoms. The first-order valence-corrected chi connectivity index (χ1v) is 8.67. The van der Waals surface area contributed by atoms with Gasteiger partial charge in [-0.15, -0.1) is 0 Å². The molecular formula is C18H25N3O2. The van der Waals surface area contributed by atoms with Gasteiger partial charge in [0.15, 0.2) is 0 Å². The number of rotatable bonds is 3. The van der Waals surface area contributed by atoms with Gasteiger partial charge in [0.05, 0.1) is 0 Å². The second-order valence-electron chi connectivity index (χ2n) is 6.71. The van der Waals surface area contributed by atoms with Crippen molar-refractivity contribution < 1.29 is 9.59 Å². The van der Waals surface area contributed by atoms with Crippen molar-refractivity contribution in [1.29, 1.82) is 0 Å². The van der Waals surface area contributed by atoms with E-state index in [0.717, 1.165) is 62.9 Å². The molecule has 0 bridgehead atoms. The number of carbonyl (C=O) groups excluding carboxylic acids is 2. The molecule has 2 amide bonds. The van der Waals surface area contributed by atoms with Crippen molar-refractivity contribution >= 4 is 17.5 Å². The van der Waals surface area contributed by atoms with Crippen LogP contribution in [0, 0.1) is 18.8 Å². The average molecular weight is 315 g/mol. The largest absolute Gasteiger partial charge is 0.342 e. The summed E-state index contributed by atoms with van der Waals surface area (Å²) in [4.78, 5) is 31.5. The third kappa shape index (κ3) is 3.54. The number of aromatic nitrogens is 1. The van der Waals surface area contributed by atoms with E-state index < -0.39 is 0 Å². The minimum atomic E-state index is -0.204. The lowest BCUT2D eigenvalue weighted by molar-refractivity contribution is -0.141. The van der Waals surface area contributed by atoms with Gasteiger partial charge in [0, 0.05) is 43.0 Å². The molecule has 1 N–H and O–H groups in total. The predicted octanol–water partition coefficient (Wildman–Crippen LogP) is 2.76. The van der Waals surface area contributed by atoms with E-state index in [9.17, 15) is 9.59 Å². The first-order valence-electron chi connectivity index (χ1n) is 8.67. The Morgan fingerprint density at radius 1 is 1.13 bits per heavy atom. The summed E-state index contributed by atoms with van der Waals surface area (Å²) in [5.41, 5.74) is 1.74. The Bertz CT molecular complexity index is 581. The summed E-state index contributed by atoms with van der Waals surface area (Å²) in [5.74, 6) is -0.182. The molecule has 1 aliphatic heterocycles. The molecule has 1 aliphatic carbocycles. The van der Waals surface area contributed by atoms with E-state index in [-0.39, 0.29) is 23.7 Å². The van der Waals surface area contributed by atoms with Gasteiger partial charge in [-0.1, -0.05) is 12.8 Å². The normalized spacial score (nSPS) is 24.5. The smallest absolute Gasteiger partial charge is 0.228 e. The molecule has 0 unspecified atom stereocenters. The van der Waals surface area contributed by atoms with E-state index in [1.165, 1.54) is 0 Å². The van der Waals surface area contributed by atoms with Gasteiger partial charge >= 0.3 is 0 Å². The van der Waals surface area contributed by atoms with Gasteiger partial charge in [0.1, 0.15) is 0 Å². The number of hydrogen-bond donors (Lipinski definition) is 1. The number of anilines is 1. The highest BCUT2D eigenvalue weighted by atomic mass is 16.2. The Hall–Kier alpha value is -1.91. The molecule has 1 aromatic rings. The Kier molecular flexibility index (Phi) is 4.94. The summed E-state index contributed by atoms with van der Waals surface area (Å²) in [7, 11) is 0. The fourth-order valence-corrected chi connectivity index (χ4v) is 3.75. The first kappa shape index (κ1) is 16.0. The molecule has 2 atom stereocenters. The highest BCUT2D eigenvalue weighted by Gasteiger charge is 2.38. The van der Waals surface area contributed by atoms with Crippen LogP contribution in [-0.4, -0.2) is 34.8 Å². The van der Waals surface area contributed by atoms with Crippen LogP contribution in [0.2, 0.25) is 0 Å². The van der Waals surface area contributed by atoms with E-state index in [2.05, 4.69) is 10.3 Å². The number of amides is 2. The molecule has 2 fully saturated rings. The lowest BCUT2D eigenvalue weighted by Crippen LogP contribution is -2.42. The second kappa shape index (κ2) is 7.11. The van der Waals surface area contributed by atoms with Crippen LogP contribution in [0.3, 0.4) is 0 Å². The monoisotopic (exact) mass is 315 g/mol. The van der Waals surface area contributed by atoms with Gasteiger partial charge in [-0.3, -0.25) is 14.6 Å². The third-order valence-electron chi connectivity index (χ3n) is 5.12. The van der Waals surface area contributed by atoms with Crippen molar-refractivity contribution in [3.63, 3.8) is 0 Å². The molecule has 1 aromatic heterocycles. The van der Waals surface area contributed by atoms with Crippen LogP contribution in [0.25, 0.3) is 0 Å². The fraction of sp³-hybridized carbons (Fsp3) is 0.611. The average Bonchev–Trinajstić information content (AvgIpc) is 3.11. The Balaban J connectivity index is 1.71. The molecule has 2 aliphatic rings. The van der Waals surface area contributed by atoms with Gasteiger partial charge in [0.2, 0.25) is 11.8 Å². The van der Waals surface area contributed by atoms with Gasteiger partial charge in [-0.25, -0.2) is 0 Å². The lowest BCUT2D eigenvalue weighted by atomic mass is 9.77. The molecule has 0 spiro atoms. The molecule has 124 valence electrons. The van der Waals surface area contributed by atoms with Crippen molar-refractivity contribution in [3.8, 4) is 0 Å². The van der Waals surface area contributed by atoms with Crippen LogP contribution in [0.15, 0.2) is 18.5 Å². The quantitative estimate of drug-likeness (QED) is 0.933. The van der Waals surface area contributed by atoms with E-state index >= 15 is 0 Å². The zero-order valence-corrected chi connectivity index (χ0v) is 13.8. The SMILES string of the molecule is Cc1cnccc1NC(=O)[C@@H]1CCCC[C@H]1C(=O)N1CCCC1. The summed E-state index contributed by atoms with van der Waals surface area (Å²) < 4.78 is 0. The minimum absolute atomic E-state index is 0.0171. The van der Waals surface area contributed by atoms with Gasteiger partial charge in [-0.2, -0.15) is 0 Å². The molecule has 5 heteroatoms. The molecule has 2 heterocycles. The molecule has 1 saturated heterocycles. The minimum Gasteiger partial charge on any atom is -0.342 e. The van der Waals surface area contributed by atoms with Crippen LogP contribution in [0.4, 0.5) is 5.69 Å². The summed E-state index contributed by atoms with van der Waals surface area (Å²) in [6.07, 6.45) is 9.30. The van der Waals surface area contributed by atoms with Crippen LogP contribution in [-0.2, 0) is 9.59 Å². The number of nitrogens with one attached hydrogen (secondary N) is 1. The number of carbonyl (C=O) groups is 2. The van der Waals surface area contributed by atoms with Crippen molar-refractivity contribution in [2.24, 2.45) is 11.8 Å². The highest BCUT2D eigenvalue weighted by molar-refractivity contribution is 5.96. The molecule has 0 radical (unpaired) electrons. The van der Waals surface area contributed by atoms with E-state index in [1.54, 1.807) is 12.4 Å².